The van der Waals surface area contributed by atoms with Gasteiger partial charge < -0.3 is 9.84 Å². The fraction of sp³-hybridized carbons (Fsp3) is 0.292. The van der Waals surface area contributed by atoms with Crippen molar-refractivity contribution in [3.05, 3.63) is 72.3 Å². The van der Waals surface area contributed by atoms with Gasteiger partial charge in [0.2, 0.25) is 10.0 Å². The molecule has 0 aliphatic carbocycles. The number of hydrogen-bond acceptors (Lipinski definition) is 4. The van der Waals surface area contributed by atoms with Crippen LogP contribution in [0.4, 0.5) is 0 Å². The van der Waals surface area contributed by atoms with E-state index in [-0.39, 0.29) is 11.4 Å². The molecule has 0 aromatic heterocycles. The molecule has 6 nitrogen and oxygen atoms in total. The fourth-order valence-corrected chi connectivity index (χ4v) is 5.33. The number of hydrogen-bond donors (Lipinski definition) is 1. The summed E-state index contributed by atoms with van der Waals surface area (Å²) in [7, 11) is -4.09. The van der Waals surface area contributed by atoms with E-state index in [0.717, 1.165) is 15.3 Å². The van der Waals surface area contributed by atoms with Crippen molar-refractivity contribution in [2.75, 3.05) is 6.61 Å². The van der Waals surface area contributed by atoms with Gasteiger partial charge in [-0.1, -0.05) is 56.3 Å². The summed E-state index contributed by atoms with van der Waals surface area (Å²) in [5, 5.41) is 11.4. The van der Waals surface area contributed by atoms with E-state index in [1.807, 2.05) is 25.1 Å². The number of carboxylic acid groups (broad SMARTS) is 1. The first-order chi connectivity index (χ1) is 14.7. The van der Waals surface area contributed by atoms with Crippen molar-refractivity contribution in [3.8, 4) is 5.75 Å². The van der Waals surface area contributed by atoms with Crippen molar-refractivity contribution in [2.24, 2.45) is 5.92 Å². The third kappa shape index (κ3) is 5.06. The van der Waals surface area contributed by atoms with E-state index >= 15 is 0 Å². The Hall–Kier alpha value is -2.90. The van der Waals surface area contributed by atoms with Crippen LogP contribution in [0.3, 0.4) is 0 Å². The third-order valence-electron chi connectivity index (χ3n) is 5.08. The molecule has 3 rings (SSSR count). The van der Waals surface area contributed by atoms with Crippen LogP contribution in [0.15, 0.2) is 71.6 Å². The first-order valence-electron chi connectivity index (χ1n) is 10.2. The van der Waals surface area contributed by atoms with Gasteiger partial charge in [0.25, 0.3) is 0 Å². The van der Waals surface area contributed by atoms with Crippen molar-refractivity contribution < 1.29 is 23.1 Å². The lowest BCUT2D eigenvalue weighted by molar-refractivity contribution is -0.143. The maximum atomic E-state index is 13.7. The topological polar surface area (TPSA) is 83.9 Å². The van der Waals surface area contributed by atoms with Crippen LogP contribution in [0.2, 0.25) is 0 Å². The summed E-state index contributed by atoms with van der Waals surface area (Å²) >= 11 is 0. The molecule has 0 fully saturated rings. The highest BCUT2D eigenvalue weighted by molar-refractivity contribution is 7.89. The summed E-state index contributed by atoms with van der Waals surface area (Å²) in [6.45, 7) is 5.77. The van der Waals surface area contributed by atoms with Crippen molar-refractivity contribution >= 4 is 26.8 Å². The Kier molecular flexibility index (Phi) is 6.97. The molecule has 0 spiro atoms. The number of sulfonamides is 1. The highest BCUT2D eigenvalue weighted by atomic mass is 32.2. The van der Waals surface area contributed by atoms with Crippen LogP contribution in [0, 0.1) is 5.92 Å². The number of aliphatic carboxylic acids is 1. The Morgan fingerprint density at radius 3 is 2.29 bits per heavy atom. The summed E-state index contributed by atoms with van der Waals surface area (Å²) < 4.78 is 34.0. The Balaban J connectivity index is 2.11. The molecule has 0 heterocycles. The maximum absolute atomic E-state index is 13.7. The molecule has 0 amide bonds. The second kappa shape index (κ2) is 9.49. The maximum Gasteiger partial charge on any atom is 0.322 e. The van der Waals surface area contributed by atoms with Gasteiger partial charge in [0, 0.05) is 6.54 Å². The van der Waals surface area contributed by atoms with E-state index in [1.54, 1.807) is 56.3 Å². The summed E-state index contributed by atoms with van der Waals surface area (Å²) in [6.07, 6.45) is 0. The van der Waals surface area contributed by atoms with E-state index < -0.39 is 28.0 Å². The SMILES string of the molecule is CCOc1ccc2ccc(S(=O)(=O)N(Cc3ccccc3)[C@H](C(=O)O)C(C)C)cc2c1. The lowest BCUT2D eigenvalue weighted by atomic mass is 10.0. The molecule has 31 heavy (non-hydrogen) atoms. The molecule has 0 saturated carbocycles. The highest BCUT2D eigenvalue weighted by Crippen LogP contribution is 2.29. The molecule has 0 saturated heterocycles. The quantitative estimate of drug-likeness (QED) is 0.527. The van der Waals surface area contributed by atoms with Gasteiger partial charge in [0.1, 0.15) is 11.8 Å². The van der Waals surface area contributed by atoms with E-state index in [1.165, 1.54) is 6.07 Å². The molecular formula is C24H27NO5S. The summed E-state index contributed by atoms with van der Waals surface area (Å²) in [4.78, 5) is 12.1. The van der Waals surface area contributed by atoms with Crippen molar-refractivity contribution in [2.45, 2.75) is 38.3 Å². The number of fused-ring (bicyclic) bond motifs is 1. The lowest BCUT2D eigenvalue weighted by Gasteiger charge is -2.30. The van der Waals surface area contributed by atoms with Crippen LogP contribution < -0.4 is 4.74 Å². The molecule has 0 aliphatic rings. The predicted octanol–water partition coefficient (Wildman–Crippen LogP) is 4.54. The standard InChI is InChI=1S/C24H27NO5S/c1-4-30-21-12-10-19-11-13-22(15-20(19)14-21)31(28,29)25(23(17(2)3)24(26)27)16-18-8-6-5-7-9-18/h5-15,17,23H,4,16H2,1-3H3,(H,26,27)/t23-/m0/s1. The first kappa shape index (κ1) is 22.8. The van der Waals surface area contributed by atoms with Crippen LogP contribution in [0.1, 0.15) is 26.3 Å². The summed E-state index contributed by atoms with van der Waals surface area (Å²) in [5.74, 6) is -0.939. The average Bonchev–Trinajstić information content (AvgIpc) is 2.73. The van der Waals surface area contributed by atoms with E-state index in [9.17, 15) is 18.3 Å². The molecule has 7 heteroatoms. The second-order valence-corrected chi connectivity index (χ2v) is 9.56. The fourth-order valence-electron chi connectivity index (χ4n) is 3.59. The molecule has 1 atom stereocenters. The minimum Gasteiger partial charge on any atom is -0.494 e. The number of benzene rings is 3. The smallest absolute Gasteiger partial charge is 0.322 e. The van der Waals surface area contributed by atoms with Crippen molar-refractivity contribution in [3.63, 3.8) is 0 Å². The van der Waals surface area contributed by atoms with E-state index in [2.05, 4.69) is 0 Å². The Labute approximate surface area is 183 Å². The number of carbonyl (C=O) groups is 1. The number of nitrogens with zero attached hydrogens (tertiary/aromatic N) is 1. The van der Waals surface area contributed by atoms with Crippen LogP contribution in [-0.2, 0) is 21.4 Å². The Bertz CT molecular complexity index is 1160. The van der Waals surface area contributed by atoms with E-state index in [4.69, 9.17) is 4.74 Å². The van der Waals surface area contributed by atoms with Crippen LogP contribution in [-0.4, -0.2) is 36.4 Å². The molecule has 3 aromatic rings. The lowest BCUT2D eigenvalue weighted by Crippen LogP contribution is -2.47. The molecular weight excluding hydrogens is 414 g/mol. The van der Waals surface area contributed by atoms with E-state index in [0.29, 0.717) is 17.7 Å². The number of rotatable bonds is 9. The normalized spacial score (nSPS) is 12.9. The van der Waals surface area contributed by atoms with Gasteiger partial charge in [-0.25, -0.2) is 8.42 Å². The van der Waals surface area contributed by atoms with Crippen LogP contribution >= 0.6 is 0 Å². The zero-order valence-electron chi connectivity index (χ0n) is 17.9. The predicted molar refractivity (Wildman–Crippen MR) is 121 cm³/mol. The van der Waals surface area contributed by atoms with Gasteiger partial charge in [0.15, 0.2) is 0 Å². The molecule has 3 aromatic carbocycles. The average molecular weight is 442 g/mol. The monoisotopic (exact) mass is 441 g/mol. The zero-order chi connectivity index (χ0) is 22.6. The van der Waals surface area contributed by atoms with Gasteiger partial charge in [-0.05, 0) is 53.4 Å². The number of ether oxygens (including phenoxy) is 1. The van der Waals surface area contributed by atoms with Gasteiger partial charge in [-0.2, -0.15) is 4.31 Å². The largest absolute Gasteiger partial charge is 0.494 e. The van der Waals surface area contributed by atoms with Crippen LogP contribution in [0.5, 0.6) is 5.75 Å². The zero-order valence-corrected chi connectivity index (χ0v) is 18.7. The van der Waals surface area contributed by atoms with Gasteiger partial charge >= 0.3 is 5.97 Å². The van der Waals surface area contributed by atoms with Crippen molar-refractivity contribution in [1.82, 2.24) is 4.31 Å². The molecule has 1 N–H and O–H groups in total. The van der Waals surface area contributed by atoms with Crippen molar-refractivity contribution in [1.29, 1.82) is 0 Å². The Morgan fingerprint density at radius 2 is 1.68 bits per heavy atom. The number of carboxylic acids is 1. The first-order valence-corrected chi connectivity index (χ1v) is 11.6. The second-order valence-electron chi connectivity index (χ2n) is 7.67. The summed E-state index contributed by atoms with van der Waals surface area (Å²) in [6, 6.07) is 18.1. The van der Waals surface area contributed by atoms with Gasteiger partial charge in [-0.15, -0.1) is 0 Å². The molecule has 0 unspecified atom stereocenters. The molecule has 0 bridgehead atoms. The van der Waals surface area contributed by atoms with Gasteiger partial charge in [-0.3, -0.25) is 4.79 Å². The minimum atomic E-state index is -4.09. The van der Waals surface area contributed by atoms with Gasteiger partial charge in [0.05, 0.1) is 11.5 Å². The third-order valence-corrected chi connectivity index (χ3v) is 6.90. The minimum absolute atomic E-state index is 0.0324. The molecule has 0 radical (unpaired) electrons. The Morgan fingerprint density at radius 1 is 1.00 bits per heavy atom. The summed E-state index contributed by atoms with van der Waals surface area (Å²) in [5.41, 5.74) is 0.720. The molecule has 0 aliphatic heterocycles. The van der Waals surface area contributed by atoms with Crippen LogP contribution in [0.25, 0.3) is 10.8 Å². The highest BCUT2D eigenvalue weighted by Gasteiger charge is 2.38. The molecule has 164 valence electrons.